The number of amides is 2. The summed E-state index contributed by atoms with van der Waals surface area (Å²) in [5.41, 5.74) is 2.38. The van der Waals surface area contributed by atoms with Crippen LogP contribution in [-0.2, 0) is 4.79 Å². The number of aromatic nitrogens is 1. The fraction of sp³-hybridized carbons (Fsp3) is 0.316. The predicted molar refractivity (Wildman–Crippen MR) is 97.7 cm³/mol. The van der Waals surface area contributed by atoms with Gasteiger partial charge in [0, 0.05) is 56.4 Å². The van der Waals surface area contributed by atoms with Crippen LogP contribution in [0.2, 0.25) is 0 Å². The van der Waals surface area contributed by atoms with E-state index in [1.807, 2.05) is 36.1 Å². The van der Waals surface area contributed by atoms with Crippen molar-refractivity contribution < 1.29 is 9.59 Å². The first-order chi connectivity index (χ1) is 12.2. The zero-order valence-electron chi connectivity index (χ0n) is 14.3. The average Bonchev–Trinajstić information content (AvgIpc) is 2.69. The molecule has 1 aliphatic heterocycles. The van der Waals surface area contributed by atoms with Gasteiger partial charge in [-0.15, -0.1) is 0 Å². The van der Waals surface area contributed by atoms with E-state index in [1.54, 1.807) is 24.5 Å². The number of pyridine rings is 1. The lowest BCUT2D eigenvalue weighted by Crippen LogP contribution is -2.48. The second-order valence-electron chi connectivity index (χ2n) is 5.96. The van der Waals surface area contributed by atoms with Crippen molar-refractivity contribution in [1.82, 2.24) is 9.88 Å². The van der Waals surface area contributed by atoms with Crippen molar-refractivity contribution >= 4 is 23.2 Å². The summed E-state index contributed by atoms with van der Waals surface area (Å²) in [4.78, 5) is 32.0. The Bertz CT molecular complexity index is 723. The van der Waals surface area contributed by atoms with Crippen LogP contribution in [0.5, 0.6) is 0 Å². The van der Waals surface area contributed by atoms with Crippen LogP contribution in [0.25, 0.3) is 0 Å². The van der Waals surface area contributed by atoms with E-state index in [4.69, 9.17) is 0 Å². The van der Waals surface area contributed by atoms with E-state index in [9.17, 15) is 9.59 Å². The zero-order valence-corrected chi connectivity index (χ0v) is 14.3. The lowest BCUT2D eigenvalue weighted by Gasteiger charge is -2.36. The van der Waals surface area contributed by atoms with Crippen molar-refractivity contribution in [3.63, 3.8) is 0 Å². The van der Waals surface area contributed by atoms with Gasteiger partial charge in [0.25, 0.3) is 5.91 Å². The number of hydrogen-bond donors (Lipinski definition) is 1. The number of nitrogens with zero attached hydrogens (tertiary/aromatic N) is 3. The van der Waals surface area contributed by atoms with E-state index in [1.165, 1.54) is 0 Å². The van der Waals surface area contributed by atoms with E-state index in [0.29, 0.717) is 12.0 Å². The third-order valence-electron chi connectivity index (χ3n) is 4.35. The number of benzene rings is 1. The van der Waals surface area contributed by atoms with Crippen molar-refractivity contribution in [3.8, 4) is 0 Å². The molecule has 2 heterocycles. The first kappa shape index (κ1) is 17.0. The van der Waals surface area contributed by atoms with Crippen LogP contribution in [0.3, 0.4) is 0 Å². The number of piperazine rings is 1. The number of nitrogens with one attached hydrogen (secondary N) is 1. The number of anilines is 2. The van der Waals surface area contributed by atoms with Gasteiger partial charge < -0.3 is 15.1 Å². The van der Waals surface area contributed by atoms with E-state index in [-0.39, 0.29) is 11.8 Å². The molecule has 1 N–H and O–H groups in total. The highest BCUT2D eigenvalue weighted by Gasteiger charge is 2.20. The highest BCUT2D eigenvalue weighted by molar-refractivity contribution is 6.04. The summed E-state index contributed by atoms with van der Waals surface area (Å²) in [5.74, 6) is 0.0423. The third-order valence-corrected chi connectivity index (χ3v) is 4.35. The quantitative estimate of drug-likeness (QED) is 0.930. The Morgan fingerprint density at radius 1 is 1.08 bits per heavy atom. The van der Waals surface area contributed by atoms with E-state index < -0.39 is 0 Å². The maximum absolute atomic E-state index is 12.1. The van der Waals surface area contributed by atoms with Crippen LogP contribution in [0.4, 0.5) is 11.4 Å². The van der Waals surface area contributed by atoms with Gasteiger partial charge in [-0.3, -0.25) is 14.6 Å². The van der Waals surface area contributed by atoms with E-state index in [0.717, 1.165) is 37.6 Å². The summed E-state index contributed by atoms with van der Waals surface area (Å²) in [6, 6.07) is 11.3. The van der Waals surface area contributed by atoms with Crippen LogP contribution in [0, 0.1) is 0 Å². The van der Waals surface area contributed by atoms with Crippen LogP contribution in [0.15, 0.2) is 48.8 Å². The fourth-order valence-electron chi connectivity index (χ4n) is 2.89. The second-order valence-corrected chi connectivity index (χ2v) is 5.96. The lowest BCUT2D eigenvalue weighted by molar-refractivity contribution is -0.131. The lowest BCUT2D eigenvalue weighted by atomic mass is 10.2. The molecule has 0 spiro atoms. The van der Waals surface area contributed by atoms with Crippen molar-refractivity contribution in [2.45, 2.75) is 13.3 Å². The summed E-state index contributed by atoms with van der Waals surface area (Å²) >= 11 is 0. The number of hydrogen-bond acceptors (Lipinski definition) is 4. The van der Waals surface area contributed by atoms with Gasteiger partial charge in [-0.05, 0) is 36.4 Å². The Morgan fingerprint density at radius 3 is 2.40 bits per heavy atom. The Balaban J connectivity index is 1.58. The van der Waals surface area contributed by atoms with Gasteiger partial charge in [0.2, 0.25) is 5.91 Å². The minimum atomic E-state index is -0.174. The van der Waals surface area contributed by atoms with Crippen LogP contribution in [-0.4, -0.2) is 47.9 Å². The van der Waals surface area contributed by atoms with Crippen molar-refractivity contribution in [2.24, 2.45) is 0 Å². The maximum atomic E-state index is 12.1. The monoisotopic (exact) mass is 338 g/mol. The molecule has 0 saturated carbocycles. The van der Waals surface area contributed by atoms with Gasteiger partial charge in [0.05, 0.1) is 5.56 Å². The SMILES string of the molecule is CCC(=O)N1CCN(c2ccc(NC(=O)c3cccnc3)cc2)CC1. The summed E-state index contributed by atoms with van der Waals surface area (Å²) in [6.45, 7) is 5.06. The largest absolute Gasteiger partial charge is 0.368 e. The first-order valence-corrected chi connectivity index (χ1v) is 8.51. The number of carbonyl (C=O) groups is 2. The molecule has 130 valence electrons. The van der Waals surface area contributed by atoms with Gasteiger partial charge in [-0.2, -0.15) is 0 Å². The number of rotatable bonds is 4. The molecule has 0 atom stereocenters. The Labute approximate surface area is 147 Å². The van der Waals surface area contributed by atoms with Crippen molar-refractivity contribution in [3.05, 3.63) is 54.4 Å². The molecule has 0 unspecified atom stereocenters. The van der Waals surface area contributed by atoms with Crippen molar-refractivity contribution in [1.29, 1.82) is 0 Å². The minimum absolute atomic E-state index is 0.174. The molecule has 1 fully saturated rings. The summed E-state index contributed by atoms with van der Waals surface area (Å²) < 4.78 is 0. The average molecular weight is 338 g/mol. The van der Waals surface area contributed by atoms with Gasteiger partial charge >= 0.3 is 0 Å². The molecule has 0 radical (unpaired) electrons. The molecule has 0 aliphatic carbocycles. The standard InChI is InChI=1S/C19H22N4O2/c1-2-18(24)23-12-10-22(11-13-23)17-7-5-16(6-8-17)21-19(25)15-4-3-9-20-14-15/h3-9,14H,2,10-13H2,1H3,(H,21,25). The minimum Gasteiger partial charge on any atom is -0.368 e. The highest BCUT2D eigenvalue weighted by atomic mass is 16.2. The van der Waals surface area contributed by atoms with Crippen LogP contribution in [0.1, 0.15) is 23.7 Å². The van der Waals surface area contributed by atoms with Gasteiger partial charge in [-0.25, -0.2) is 0 Å². The Kier molecular flexibility index (Phi) is 5.28. The van der Waals surface area contributed by atoms with Crippen LogP contribution < -0.4 is 10.2 Å². The van der Waals surface area contributed by atoms with Crippen molar-refractivity contribution in [2.75, 3.05) is 36.4 Å². The number of carbonyl (C=O) groups excluding carboxylic acids is 2. The highest BCUT2D eigenvalue weighted by Crippen LogP contribution is 2.20. The normalized spacial score (nSPS) is 14.3. The molecule has 6 nitrogen and oxygen atoms in total. The molecular weight excluding hydrogens is 316 g/mol. The van der Waals surface area contributed by atoms with Gasteiger partial charge in [0.1, 0.15) is 0 Å². The molecule has 1 aromatic heterocycles. The maximum Gasteiger partial charge on any atom is 0.257 e. The Hall–Kier alpha value is -2.89. The summed E-state index contributed by atoms with van der Waals surface area (Å²) in [7, 11) is 0. The molecule has 6 heteroatoms. The van der Waals surface area contributed by atoms with E-state index >= 15 is 0 Å². The molecule has 1 saturated heterocycles. The third kappa shape index (κ3) is 4.15. The van der Waals surface area contributed by atoms with Crippen LogP contribution >= 0.6 is 0 Å². The zero-order chi connectivity index (χ0) is 17.6. The van der Waals surface area contributed by atoms with E-state index in [2.05, 4.69) is 15.2 Å². The molecule has 1 aliphatic rings. The van der Waals surface area contributed by atoms with Gasteiger partial charge in [-0.1, -0.05) is 6.92 Å². The topological polar surface area (TPSA) is 65.5 Å². The fourth-order valence-corrected chi connectivity index (χ4v) is 2.89. The second kappa shape index (κ2) is 7.79. The molecule has 1 aromatic carbocycles. The van der Waals surface area contributed by atoms with Gasteiger partial charge in [0.15, 0.2) is 0 Å². The smallest absolute Gasteiger partial charge is 0.257 e. The molecule has 0 bridgehead atoms. The molecule has 2 aromatic rings. The Morgan fingerprint density at radius 2 is 1.80 bits per heavy atom. The molecule has 25 heavy (non-hydrogen) atoms. The predicted octanol–water partition coefficient (Wildman–Crippen LogP) is 2.39. The molecular formula is C19H22N4O2. The summed E-state index contributed by atoms with van der Waals surface area (Å²) in [6.07, 6.45) is 3.74. The molecule has 3 rings (SSSR count). The molecule has 2 amide bonds. The summed E-state index contributed by atoms with van der Waals surface area (Å²) in [5, 5.41) is 2.87. The first-order valence-electron chi connectivity index (χ1n) is 8.51.